The number of hydrogen-bond donors (Lipinski definition) is 0. The van der Waals surface area contributed by atoms with Gasteiger partial charge in [-0.3, -0.25) is 0 Å². The van der Waals surface area contributed by atoms with Crippen molar-refractivity contribution >= 4 is 43.5 Å². The lowest BCUT2D eigenvalue weighted by Gasteiger charge is -2.24. The third-order valence-corrected chi connectivity index (χ3v) is 12.2. The first-order chi connectivity index (χ1) is 27.0. The summed E-state index contributed by atoms with van der Waals surface area (Å²) in [6.07, 6.45) is 0. The zero-order valence-electron chi connectivity index (χ0n) is 30.9. The van der Waals surface area contributed by atoms with Gasteiger partial charge in [0, 0.05) is 27.5 Å². The van der Waals surface area contributed by atoms with Crippen LogP contribution in [0, 0.1) is 0 Å². The third-order valence-electron chi connectivity index (χ3n) is 12.2. The summed E-state index contributed by atoms with van der Waals surface area (Å²) in [7, 11) is 0. The average Bonchev–Trinajstić information content (AvgIpc) is 3.72. The van der Waals surface area contributed by atoms with Crippen LogP contribution in [-0.2, 0) is 5.41 Å². The first-order valence-corrected chi connectivity index (χ1v) is 19.3. The zero-order valence-corrected chi connectivity index (χ0v) is 30.9. The van der Waals surface area contributed by atoms with Crippen LogP contribution < -0.4 is 0 Å². The van der Waals surface area contributed by atoms with Crippen LogP contribution in [0.3, 0.4) is 0 Å². The predicted molar refractivity (Wildman–Crippen MR) is 231 cm³/mol. The summed E-state index contributed by atoms with van der Waals surface area (Å²) in [4.78, 5) is 0. The highest BCUT2D eigenvalue weighted by Crippen LogP contribution is 2.50. The van der Waals surface area contributed by atoms with Crippen molar-refractivity contribution in [1.29, 1.82) is 0 Å². The van der Waals surface area contributed by atoms with E-state index in [0.717, 1.165) is 27.3 Å². The van der Waals surface area contributed by atoms with Gasteiger partial charge in [0.2, 0.25) is 0 Å². The van der Waals surface area contributed by atoms with Crippen LogP contribution in [0.25, 0.3) is 76.9 Å². The molecule has 55 heavy (non-hydrogen) atoms. The van der Waals surface area contributed by atoms with Crippen LogP contribution in [0.1, 0.15) is 47.6 Å². The summed E-state index contributed by atoms with van der Waals surface area (Å²) in [6, 6.07) is 69.2. The Labute approximate surface area is 321 Å². The molecule has 9 aromatic carbocycles. The van der Waals surface area contributed by atoms with E-state index < -0.39 is 0 Å². The van der Waals surface area contributed by atoms with E-state index >= 15 is 0 Å². The van der Waals surface area contributed by atoms with Crippen molar-refractivity contribution in [2.75, 3.05) is 0 Å². The molecule has 0 fully saturated rings. The Morgan fingerprint density at radius 3 is 1.89 bits per heavy atom. The van der Waals surface area contributed by atoms with E-state index in [4.69, 9.17) is 4.42 Å². The number of benzene rings is 9. The van der Waals surface area contributed by atoms with E-state index in [9.17, 15) is 0 Å². The van der Waals surface area contributed by atoms with Crippen molar-refractivity contribution in [1.82, 2.24) is 0 Å². The van der Waals surface area contributed by atoms with Gasteiger partial charge in [-0.25, -0.2) is 0 Å². The van der Waals surface area contributed by atoms with Gasteiger partial charge in [0.15, 0.2) is 0 Å². The summed E-state index contributed by atoms with van der Waals surface area (Å²) in [5, 5.41) is 7.10. The highest BCUT2D eigenvalue weighted by molar-refractivity contribution is 6.19. The fourth-order valence-corrected chi connectivity index (χ4v) is 9.37. The molecule has 0 radical (unpaired) electrons. The maximum absolute atomic E-state index is 6.63. The van der Waals surface area contributed by atoms with E-state index in [2.05, 4.69) is 202 Å². The second kappa shape index (κ2) is 12.2. The van der Waals surface area contributed by atoms with Gasteiger partial charge in [-0.15, -0.1) is 0 Å². The first-order valence-electron chi connectivity index (χ1n) is 19.3. The second-order valence-electron chi connectivity index (χ2n) is 15.7. The van der Waals surface area contributed by atoms with Crippen molar-refractivity contribution in [3.63, 3.8) is 0 Å². The van der Waals surface area contributed by atoms with Gasteiger partial charge in [-0.1, -0.05) is 178 Å². The molecule has 0 spiro atoms. The molecular formula is C54H38O. The van der Waals surface area contributed by atoms with Gasteiger partial charge < -0.3 is 4.42 Å². The predicted octanol–water partition coefficient (Wildman–Crippen LogP) is 14.7. The van der Waals surface area contributed by atoms with Crippen LogP contribution in [0.2, 0.25) is 0 Å². The second-order valence-corrected chi connectivity index (χ2v) is 15.7. The molecule has 10 aromatic rings. The Morgan fingerprint density at radius 2 is 1.04 bits per heavy atom. The van der Waals surface area contributed by atoms with Gasteiger partial charge in [-0.05, 0) is 102 Å². The molecule has 1 aliphatic carbocycles. The smallest absolute Gasteiger partial charge is 0.143 e. The van der Waals surface area contributed by atoms with Crippen LogP contribution in [0.4, 0.5) is 0 Å². The summed E-state index contributed by atoms with van der Waals surface area (Å²) in [5.41, 5.74) is 16.0. The molecule has 1 nitrogen and oxygen atoms in total. The maximum atomic E-state index is 6.63. The van der Waals surface area contributed by atoms with E-state index in [1.54, 1.807) is 0 Å². The lowest BCUT2D eigenvalue weighted by Crippen LogP contribution is -2.15. The third kappa shape index (κ3) is 5.00. The van der Waals surface area contributed by atoms with Crippen molar-refractivity contribution in [2.24, 2.45) is 0 Å². The molecule has 0 saturated carbocycles. The number of fused-ring (bicyclic) bond motifs is 9. The number of hydrogen-bond acceptors (Lipinski definition) is 1. The van der Waals surface area contributed by atoms with Crippen molar-refractivity contribution in [3.05, 3.63) is 216 Å². The largest absolute Gasteiger partial charge is 0.455 e. The van der Waals surface area contributed by atoms with Gasteiger partial charge in [0.05, 0.1) is 0 Å². The van der Waals surface area contributed by atoms with Crippen molar-refractivity contribution in [3.8, 4) is 33.4 Å². The monoisotopic (exact) mass is 702 g/mol. The molecule has 1 atom stereocenters. The summed E-state index contributed by atoms with van der Waals surface area (Å²) < 4.78 is 6.63. The molecule has 0 amide bonds. The Kier molecular flexibility index (Phi) is 7.03. The fourth-order valence-electron chi connectivity index (χ4n) is 9.37. The lowest BCUT2D eigenvalue weighted by atomic mass is 9.79. The molecule has 260 valence electrons. The molecule has 0 saturated heterocycles. The van der Waals surface area contributed by atoms with Crippen molar-refractivity contribution < 1.29 is 4.42 Å². The van der Waals surface area contributed by atoms with Gasteiger partial charge >= 0.3 is 0 Å². The van der Waals surface area contributed by atoms with Gasteiger partial charge in [-0.2, -0.15) is 0 Å². The van der Waals surface area contributed by atoms with E-state index in [1.807, 2.05) is 0 Å². The first kappa shape index (κ1) is 31.8. The van der Waals surface area contributed by atoms with E-state index in [1.165, 1.54) is 77.4 Å². The average molecular weight is 703 g/mol. The Balaban J connectivity index is 1.01. The van der Waals surface area contributed by atoms with Crippen LogP contribution >= 0.6 is 0 Å². The van der Waals surface area contributed by atoms with Crippen LogP contribution in [-0.4, -0.2) is 0 Å². The van der Waals surface area contributed by atoms with E-state index in [-0.39, 0.29) is 11.3 Å². The molecule has 0 N–H and O–H groups in total. The molecule has 1 aliphatic rings. The Hall–Kier alpha value is -6.70. The molecule has 0 aliphatic heterocycles. The molecule has 1 heterocycles. The number of furan rings is 1. The standard InChI is InChI=1S/C54H38O/c1-54(2)49-19-11-10-17-43(49)44-28-26-41(32-50(44)54)52(36-13-4-3-5-14-36)37-23-20-35(21-24-37)39-27-29-51-47(31-39)48-33-46(42-16-8-9-18-45(42)53(48)55-51)40-25-22-34-12-6-7-15-38(34)30-40/h3-33,52H,1-2H3. The highest BCUT2D eigenvalue weighted by Gasteiger charge is 2.36. The van der Waals surface area contributed by atoms with Crippen LogP contribution in [0.15, 0.2) is 192 Å². The quantitative estimate of drug-likeness (QED) is 0.163. The minimum Gasteiger partial charge on any atom is -0.455 e. The molecule has 1 aromatic heterocycles. The summed E-state index contributed by atoms with van der Waals surface area (Å²) >= 11 is 0. The molecule has 1 unspecified atom stereocenters. The minimum atomic E-state index is -0.0501. The summed E-state index contributed by atoms with van der Waals surface area (Å²) in [5.74, 6) is 0.113. The normalized spacial score (nSPS) is 13.7. The number of rotatable bonds is 5. The van der Waals surface area contributed by atoms with Gasteiger partial charge in [0.25, 0.3) is 0 Å². The maximum Gasteiger partial charge on any atom is 0.143 e. The van der Waals surface area contributed by atoms with E-state index in [0.29, 0.717) is 0 Å². The Morgan fingerprint density at radius 1 is 0.382 bits per heavy atom. The Bertz CT molecular complexity index is 3110. The zero-order chi connectivity index (χ0) is 36.7. The molecule has 11 rings (SSSR count). The fraction of sp³-hybridized carbons (Fsp3) is 0.0741. The molecule has 1 heteroatoms. The van der Waals surface area contributed by atoms with Gasteiger partial charge in [0.1, 0.15) is 11.2 Å². The van der Waals surface area contributed by atoms with Crippen molar-refractivity contribution in [2.45, 2.75) is 25.2 Å². The summed E-state index contributed by atoms with van der Waals surface area (Å²) in [6.45, 7) is 4.72. The molecular weight excluding hydrogens is 665 g/mol. The highest BCUT2D eigenvalue weighted by atomic mass is 16.3. The topological polar surface area (TPSA) is 13.1 Å². The van der Waals surface area contributed by atoms with Crippen LogP contribution in [0.5, 0.6) is 0 Å². The SMILES string of the molecule is CC1(C)c2ccccc2-c2ccc(C(c3ccccc3)c3ccc(-c4ccc5oc6c7ccccc7c(-c7ccc8ccccc8c7)cc6c5c4)cc3)cc21. The minimum absolute atomic E-state index is 0.0501. The molecule has 0 bridgehead atoms. The lowest BCUT2D eigenvalue weighted by molar-refractivity contribution is 0.659.